The van der Waals surface area contributed by atoms with Crippen molar-refractivity contribution >= 4 is 11.9 Å². The molecule has 4 heteroatoms. The van der Waals surface area contributed by atoms with Crippen LogP contribution in [0.1, 0.15) is 34.6 Å². The topological polar surface area (TPSA) is 74.6 Å². The number of hydrogen-bond donors (Lipinski definition) is 2. The highest BCUT2D eigenvalue weighted by atomic mass is 16.4. The summed E-state index contributed by atoms with van der Waals surface area (Å²) in [6.45, 7) is 5.64. The van der Waals surface area contributed by atoms with Gasteiger partial charge in [0.25, 0.3) is 0 Å². The number of hydrogen-bond acceptors (Lipinski definition) is 2. The average molecular weight is 236 g/mol. The third kappa shape index (κ3) is 3.06. The Kier molecular flexibility index (Phi) is 3.89. The van der Waals surface area contributed by atoms with Crippen LogP contribution in [0.15, 0.2) is 12.1 Å². The van der Waals surface area contributed by atoms with E-state index in [1.54, 1.807) is 13.0 Å². The Balaban J connectivity index is 3.23. The van der Waals surface area contributed by atoms with Gasteiger partial charge in [-0.1, -0.05) is 12.1 Å². The third-order valence-electron chi connectivity index (χ3n) is 2.93. The standard InChI is InChI=1S/C13H16O4/c1-7-4-9(3)10(5-8(7)2)11(13(16)17)6-12(14)15/h4-5,11H,6H2,1-3H3,(H,14,15)(H,16,17). The van der Waals surface area contributed by atoms with Crippen molar-refractivity contribution in [2.45, 2.75) is 33.1 Å². The Morgan fingerprint density at radius 1 is 1.06 bits per heavy atom. The zero-order valence-electron chi connectivity index (χ0n) is 10.2. The molecule has 2 N–H and O–H groups in total. The molecule has 0 spiro atoms. The van der Waals surface area contributed by atoms with E-state index in [1.165, 1.54) is 0 Å². The first-order valence-corrected chi connectivity index (χ1v) is 5.35. The Bertz CT molecular complexity index is 463. The van der Waals surface area contributed by atoms with Gasteiger partial charge in [-0.25, -0.2) is 0 Å². The van der Waals surface area contributed by atoms with E-state index in [-0.39, 0.29) is 0 Å². The number of aryl methyl sites for hydroxylation is 3. The van der Waals surface area contributed by atoms with E-state index in [4.69, 9.17) is 10.2 Å². The summed E-state index contributed by atoms with van der Waals surface area (Å²) in [5.41, 5.74) is 3.46. The first kappa shape index (κ1) is 13.2. The van der Waals surface area contributed by atoms with Gasteiger partial charge in [0.2, 0.25) is 0 Å². The van der Waals surface area contributed by atoms with Crippen molar-refractivity contribution in [1.82, 2.24) is 0 Å². The van der Waals surface area contributed by atoms with Gasteiger partial charge < -0.3 is 10.2 Å². The van der Waals surface area contributed by atoms with Crippen LogP contribution in [0.4, 0.5) is 0 Å². The van der Waals surface area contributed by atoms with E-state index in [2.05, 4.69) is 0 Å². The van der Waals surface area contributed by atoms with Crippen molar-refractivity contribution < 1.29 is 19.8 Å². The second-order valence-electron chi connectivity index (χ2n) is 4.28. The number of aliphatic carboxylic acids is 2. The lowest BCUT2D eigenvalue weighted by Gasteiger charge is -2.15. The molecule has 0 amide bonds. The van der Waals surface area contributed by atoms with Crippen molar-refractivity contribution in [3.63, 3.8) is 0 Å². The molecule has 1 aromatic carbocycles. The summed E-state index contributed by atoms with van der Waals surface area (Å²) < 4.78 is 0. The van der Waals surface area contributed by atoms with Crippen LogP contribution < -0.4 is 0 Å². The lowest BCUT2D eigenvalue weighted by atomic mass is 9.89. The molecule has 0 bridgehead atoms. The van der Waals surface area contributed by atoms with Gasteiger partial charge in [-0.05, 0) is 43.0 Å². The first-order chi connectivity index (χ1) is 7.82. The van der Waals surface area contributed by atoms with Crippen molar-refractivity contribution in [3.8, 4) is 0 Å². The highest BCUT2D eigenvalue weighted by Gasteiger charge is 2.24. The van der Waals surface area contributed by atoms with E-state index >= 15 is 0 Å². The Morgan fingerprint density at radius 3 is 2.06 bits per heavy atom. The maximum Gasteiger partial charge on any atom is 0.311 e. The van der Waals surface area contributed by atoms with Crippen molar-refractivity contribution in [1.29, 1.82) is 0 Å². The Labute approximate surface area is 99.9 Å². The molecule has 17 heavy (non-hydrogen) atoms. The molecule has 0 radical (unpaired) electrons. The summed E-state index contributed by atoms with van der Waals surface area (Å²) in [6, 6.07) is 3.66. The van der Waals surface area contributed by atoms with Gasteiger partial charge in [0.1, 0.15) is 0 Å². The van der Waals surface area contributed by atoms with Crippen LogP contribution in [0.5, 0.6) is 0 Å². The van der Waals surface area contributed by atoms with Gasteiger partial charge in [-0.3, -0.25) is 9.59 Å². The van der Waals surface area contributed by atoms with E-state index in [1.807, 2.05) is 19.9 Å². The summed E-state index contributed by atoms with van der Waals surface area (Å²) in [4.78, 5) is 21.8. The minimum absolute atomic E-state index is 0.390. The molecular weight excluding hydrogens is 220 g/mol. The van der Waals surface area contributed by atoms with E-state index < -0.39 is 24.3 Å². The quantitative estimate of drug-likeness (QED) is 0.840. The summed E-state index contributed by atoms with van der Waals surface area (Å²) in [5.74, 6) is -3.18. The molecule has 0 saturated heterocycles. The predicted octanol–water partition coefficient (Wildman–Crippen LogP) is 2.25. The molecule has 1 aromatic rings. The number of benzene rings is 1. The minimum atomic E-state index is -1.10. The molecule has 1 rings (SSSR count). The van der Waals surface area contributed by atoms with Crippen LogP contribution in [0.25, 0.3) is 0 Å². The van der Waals surface area contributed by atoms with E-state index in [9.17, 15) is 9.59 Å². The van der Waals surface area contributed by atoms with Crippen LogP contribution in [0, 0.1) is 20.8 Å². The van der Waals surface area contributed by atoms with Crippen LogP contribution >= 0.6 is 0 Å². The van der Waals surface area contributed by atoms with Crippen molar-refractivity contribution in [2.24, 2.45) is 0 Å². The SMILES string of the molecule is Cc1cc(C)c(C(CC(=O)O)C(=O)O)cc1C. The maximum absolute atomic E-state index is 11.1. The average Bonchev–Trinajstić information content (AvgIpc) is 2.20. The van der Waals surface area contributed by atoms with Crippen LogP contribution in [0.3, 0.4) is 0 Å². The zero-order chi connectivity index (χ0) is 13.2. The summed E-state index contributed by atoms with van der Waals surface area (Å²) in [6.07, 6.45) is -0.390. The molecule has 0 aliphatic rings. The summed E-state index contributed by atoms with van der Waals surface area (Å²) >= 11 is 0. The van der Waals surface area contributed by atoms with Crippen molar-refractivity contribution in [2.75, 3.05) is 0 Å². The maximum atomic E-state index is 11.1. The van der Waals surface area contributed by atoms with E-state index in [0.717, 1.165) is 16.7 Å². The predicted molar refractivity (Wildman–Crippen MR) is 63.3 cm³/mol. The summed E-state index contributed by atoms with van der Waals surface area (Å²) in [7, 11) is 0. The molecule has 0 saturated carbocycles. The highest BCUT2D eigenvalue weighted by molar-refractivity contribution is 5.83. The minimum Gasteiger partial charge on any atom is -0.481 e. The normalized spacial score (nSPS) is 12.2. The number of carboxylic acid groups (broad SMARTS) is 2. The van der Waals surface area contributed by atoms with Gasteiger partial charge in [0.15, 0.2) is 0 Å². The molecule has 0 aliphatic carbocycles. The van der Waals surface area contributed by atoms with Crippen LogP contribution in [0.2, 0.25) is 0 Å². The van der Waals surface area contributed by atoms with Crippen LogP contribution in [-0.4, -0.2) is 22.2 Å². The Morgan fingerprint density at radius 2 is 1.59 bits per heavy atom. The van der Waals surface area contributed by atoms with Gasteiger partial charge >= 0.3 is 11.9 Å². The second kappa shape index (κ2) is 4.99. The molecule has 92 valence electrons. The monoisotopic (exact) mass is 236 g/mol. The molecule has 1 atom stereocenters. The lowest BCUT2D eigenvalue weighted by molar-refractivity contribution is -0.145. The zero-order valence-corrected chi connectivity index (χ0v) is 10.2. The number of carboxylic acids is 2. The smallest absolute Gasteiger partial charge is 0.311 e. The highest BCUT2D eigenvalue weighted by Crippen LogP contribution is 2.26. The van der Waals surface area contributed by atoms with Gasteiger partial charge in [-0.2, -0.15) is 0 Å². The molecular formula is C13H16O4. The molecule has 0 fully saturated rings. The molecule has 0 heterocycles. The first-order valence-electron chi connectivity index (χ1n) is 5.35. The molecule has 0 aliphatic heterocycles. The van der Waals surface area contributed by atoms with Gasteiger partial charge in [0.05, 0.1) is 12.3 Å². The Hall–Kier alpha value is -1.84. The molecule has 0 aromatic heterocycles. The molecule has 1 unspecified atom stereocenters. The third-order valence-corrected chi connectivity index (χ3v) is 2.93. The van der Waals surface area contributed by atoms with Gasteiger partial charge in [-0.15, -0.1) is 0 Å². The largest absolute Gasteiger partial charge is 0.481 e. The lowest BCUT2D eigenvalue weighted by Crippen LogP contribution is -2.17. The summed E-state index contributed by atoms with van der Waals surface area (Å²) in [5, 5.41) is 17.8. The van der Waals surface area contributed by atoms with Crippen LogP contribution in [-0.2, 0) is 9.59 Å². The fraction of sp³-hybridized carbons (Fsp3) is 0.385. The number of carbonyl (C=O) groups is 2. The fourth-order valence-electron chi connectivity index (χ4n) is 1.86. The second-order valence-corrected chi connectivity index (χ2v) is 4.28. The van der Waals surface area contributed by atoms with E-state index in [0.29, 0.717) is 5.56 Å². The fourth-order valence-corrected chi connectivity index (χ4v) is 1.86. The number of rotatable bonds is 4. The molecule has 4 nitrogen and oxygen atoms in total. The van der Waals surface area contributed by atoms with Gasteiger partial charge in [0, 0.05) is 0 Å². The van der Waals surface area contributed by atoms with Crippen molar-refractivity contribution in [3.05, 3.63) is 34.4 Å².